The van der Waals surface area contributed by atoms with Gasteiger partial charge in [0.25, 0.3) is 0 Å². The summed E-state index contributed by atoms with van der Waals surface area (Å²) >= 11 is 0. The molecule has 3 N–H and O–H groups in total. The number of carbonyl (C=O) groups excluding carboxylic acids is 1. The summed E-state index contributed by atoms with van der Waals surface area (Å²) in [5.74, 6) is 0.0157. The lowest BCUT2D eigenvalue weighted by Gasteiger charge is -2.07. The van der Waals surface area contributed by atoms with Crippen LogP contribution in [0.15, 0.2) is 58.3 Å². The average molecular weight is 412 g/mol. The van der Waals surface area contributed by atoms with Gasteiger partial charge >= 0.3 is 0 Å². The van der Waals surface area contributed by atoms with E-state index in [0.29, 0.717) is 11.4 Å². The third kappa shape index (κ3) is 6.05. The minimum absolute atomic E-state index is 0.00627. The second-order valence-electron chi connectivity index (χ2n) is 5.72. The van der Waals surface area contributed by atoms with Crippen LogP contribution in [0.1, 0.15) is 12.8 Å². The molecule has 0 aromatic heterocycles. The number of sulfone groups is 1. The molecule has 8 nitrogen and oxygen atoms in total. The molecule has 10 heteroatoms. The van der Waals surface area contributed by atoms with Crippen LogP contribution in [0, 0.1) is 0 Å². The molecule has 0 heterocycles. The second-order valence-corrected chi connectivity index (χ2v) is 9.39. The molecular weight excluding hydrogens is 392 g/mol. The molecule has 2 aromatic rings. The van der Waals surface area contributed by atoms with Crippen LogP contribution in [0.4, 0.5) is 5.69 Å². The Labute approximate surface area is 158 Å². The van der Waals surface area contributed by atoms with Crippen molar-refractivity contribution in [2.75, 3.05) is 18.2 Å². The number of nitrogens with two attached hydrogens (primary N) is 1. The highest BCUT2D eigenvalue weighted by atomic mass is 32.2. The maximum Gasteiger partial charge on any atom is 0.238 e. The highest BCUT2D eigenvalue weighted by Gasteiger charge is 2.15. The Morgan fingerprint density at radius 2 is 1.52 bits per heavy atom. The van der Waals surface area contributed by atoms with E-state index in [9.17, 15) is 21.6 Å². The molecule has 2 aromatic carbocycles. The second kappa shape index (κ2) is 8.51. The number of nitrogens with one attached hydrogen (secondary N) is 1. The molecule has 0 radical (unpaired) electrons. The first-order chi connectivity index (χ1) is 12.6. The first-order valence-corrected chi connectivity index (χ1v) is 11.1. The summed E-state index contributed by atoms with van der Waals surface area (Å²) in [5, 5.41) is 7.58. The maximum atomic E-state index is 12.3. The predicted molar refractivity (Wildman–Crippen MR) is 101 cm³/mol. The van der Waals surface area contributed by atoms with Crippen molar-refractivity contribution in [3.05, 3.63) is 48.5 Å². The molecule has 1 amide bonds. The Kier molecular flexibility index (Phi) is 6.58. The SMILES string of the molecule is COc1ccc(S(=O)(=O)CCCC(=O)Nc2ccc(S(N)(=O)=O)cc2)cc1. The number of sulfonamides is 1. The molecule has 0 saturated heterocycles. The van der Waals surface area contributed by atoms with E-state index in [1.165, 1.54) is 43.5 Å². The summed E-state index contributed by atoms with van der Waals surface area (Å²) in [4.78, 5) is 12.0. The average Bonchev–Trinajstić information content (AvgIpc) is 2.61. The first-order valence-electron chi connectivity index (χ1n) is 7.91. The molecule has 0 fully saturated rings. The Balaban J connectivity index is 1.88. The van der Waals surface area contributed by atoms with Crippen molar-refractivity contribution < 1.29 is 26.4 Å². The Bertz CT molecular complexity index is 998. The lowest BCUT2D eigenvalue weighted by atomic mass is 10.3. The number of hydrogen-bond acceptors (Lipinski definition) is 6. The van der Waals surface area contributed by atoms with E-state index in [1.54, 1.807) is 12.1 Å². The lowest BCUT2D eigenvalue weighted by Crippen LogP contribution is -2.15. The van der Waals surface area contributed by atoms with E-state index in [2.05, 4.69) is 5.32 Å². The van der Waals surface area contributed by atoms with Crippen LogP contribution in [0.2, 0.25) is 0 Å². The Hall–Kier alpha value is -2.43. The van der Waals surface area contributed by atoms with Gasteiger partial charge in [0.05, 0.1) is 22.7 Å². The largest absolute Gasteiger partial charge is 0.497 e. The van der Waals surface area contributed by atoms with Gasteiger partial charge in [-0.15, -0.1) is 0 Å². The summed E-state index contributed by atoms with van der Waals surface area (Å²) < 4.78 is 51.9. The minimum Gasteiger partial charge on any atom is -0.497 e. The smallest absolute Gasteiger partial charge is 0.238 e. The molecule has 0 aliphatic rings. The number of rotatable bonds is 8. The third-order valence-corrected chi connectivity index (χ3v) is 6.45. The Morgan fingerprint density at radius 1 is 0.963 bits per heavy atom. The fraction of sp³-hybridized carbons (Fsp3) is 0.235. The van der Waals surface area contributed by atoms with Crippen LogP contribution < -0.4 is 15.2 Å². The molecular formula is C17H20N2O6S2. The summed E-state index contributed by atoms with van der Waals surface area (Å²) in [5.41, 5.74) is 0.394. The van der Waals surface area contributed by atoms with Crippen LogP contribution in [0.25, 0.3) is 0 Å². The van der Waals surface area contributed by atoms with Crippen molar-refractivity contribution in [2.24, 2.45) is 5.14 Å². The van der Waals surface area contributed by atoms with Gasteiger partial charge in [0.1, 0.15) is 5.75 Å². The van der Waals surface area contributed by atoms with Crippen LogP contribution in [0.5, 0.6) is 5.75 Å². The first kappa shape index (κ1) is 20.9. The maximum absolute atomic E-state index is 12.3. The monoisotopic (exact) mass is 412 g/mol. The number of benzene rings is 2. The topological polar surface area (TPSA) is 133 Å². The van der Waals surface area contributed by atoms with Crippen LogP contribution in [0.3, 0.4) is 0 Å². The number of carbonyl (C=O) groups is 1. The van der Waals surface area contributed by atoms with Gasteiger partial charge in [0.15, 0.2) is 9.84 Å². The molecule has 2 rings (SSSR count). The van der Waals surface area contributed by atoms with Crippen LogP contribution in [-0.4, -0.2) is 35.6 Å². The fourth-order valence-electron chi connectivity index (χ4n) is 2.28. The molecule has 146 valence electrons. The molecule has 0 atom stereocenters. The number of anilines is 1. The normalized spacial score (nSPS) is 11.8. The van der Waals surface area contributed by atoms with Gasteiger partial charge in [-0.25, -0.2) is 22.0 Å². The van der Waals surface area contributed by atoms with E-state index in [0.717, 1.165) is 0 Å². The minimum atomic E-state index is -3.80. The van der Waals surface area contributed by atoms with Gasteiger partial charge in [-0.1, -0.05) is 0 Å². The van der Waals surface area contributed by atoms with Crippen molar-refractivity contribution in [1.29, 1.82) is 0 Å². The predicted octanol–water partition coefficient (Wildman–Crippen LogP) is 1.54. The zero-order chi connectivity index (χ0) is 20.1. The summed E-state index contributed by atoms with van der Waals surface area (Å²) in [6.45, 7) is 0. The van der Waals surface area contributed by atoms with E-state index < -0.39 is 19.9 Å². The quantitative estimate of drug-likeness (QED) is 0.676. The van der Waals surface area contributed by atoms with Crippen molar-refractivity contribution >= 4 is 31.5 Å². The van der Waals surface area contributed by atoms with Gasteiger partial charge in [-0.3, -0.25) is 4.79 Å². The van der Waals surface area contributed by atoms with Crippen LogP contribution in [-0.2, 0) is 24.7 Å². The van der Waals surface area contributed by atoms with E-state index in [1.807, 2.05) is 0 Å². The van der Waals surface area contributed by atoms with Gasteiger partial charge in [-0.05, 0) is 55.0 Å². The summed E-state index contributed by atoms with van der Waals surface area (Å²) in [6.07, 6.45) is 0.155. The number of methoxy groups -OCH3 is 1. The zero-order valence-electron chi connectivity index (χ0n) is 14.6. The van der Waals surface area contributed by atoms with Gasteiger partial charge in [-0.2, -0.15) is 0 Å². The van der Waals surface area contributed by atoms with Gasteiger partial charge in [0.2, 0.25) is 15.9 Å². The molecule has 27 heavy (non-hydrogen) atoms. The highest BCUT2D eigenvalue weighted by molar-refractivity contribution is 7.91. The lowest BCUT2D eigenvalue weighted by molar-refractivity contribution is -0.116. The molecule has 0 aliphatic heterocycles. The summed E-state index contributed by atoms with van der Waals surface area (Å²) in [6, 6.07) is 11.4. The van der Waals surface area contributed by atoms with E-state index in [-0.39, 0.29) is 34.3 Å². The van der Waals surface area contributed by atoms with E-state index >= 15 is 0 Å². The van der Waals surface area contributed by atoms with Gasteiger partial charge < -0.3 is 10.1 Å². The highest BCUT2D eigenvalue weighted by Crippen LogP contribution is 2.18. The zero-order valence-corrected chi connectivity index (χ0v) is 16.2. The number of primary sulfonamides is 1. The van der Waals surface area contributed by atoms with E-state index in [4.69, 9.17) is 9.88 Å². The summed E-state index contributed by atoms with van der Waals surface area (Å²) in [7, 11) is -5.80. The molecule has 0 spiro atoms. The molecule has 0 bridgehead atoms. The van der Waals surface area contributed by atoms with Crippen molar-refractivity contribution in [3.63, 3.8) is 0 Å². The number of ether oxygens (including phenoxy) is 1. The molecule has 0 saturated carbocycles. The van der Waals surface area contributed by atoms with Crippen molar-refractivity contribution in [2.45, 2.75) is 22.6 Å². The molecule has 0 aliphatic carbocycles. The number of hydrogen-bond donors (Lipinski definition) is 2. The van der Waals surface area contributed by atoms with Crippen LogP contribution >= 0.6 is 0 Å². The third-order valence-electron chi connectivity index (χ3n) is 3.70. The van der Waals surface area contributed by atoms with Crippen molar-refractivity contribution in [1.82, 2.24) is 0 Å². The molecule has 0 unspecified atom stereocenters. The van der Waals surface area contributed by atoms with Crippen molar-refractivity contribution in [3.8, 4) is 5.75 Å². The standard InChI is InChI=1S/C17H20N2O6S2/c1-25-14-6-10-15(11-7-14)26(21,22)12-2-3-17(20)19-13-4-8-16(9-5-13)27(18,23)24/h4-11H,2-3,12H2,1H3,(H,19,20)(H2,18,23,24). The van der Waals surface area contributed by atoms with Gasteiger partial charge in [0, 0.05) is 12.1 Å². The number of amides is 1. The Morgan fingerprint density at radius 3 is 2.04 bits per heavy atom. The fourth-order valence-corrected chi connectivity index (χ4v) is 4.10.